The normalized spacial score (nSPS) is 18.4. The molecule has 2 aromatic heterocycles. The number of carbonyl (C=O) groups excluding carboxylic acids is 1. The monoisotopic (exact) mass is 576 g/mol. The molecule has 208 valence electrons. The lowest BCUT2D eigenvalue weighted by Crippen LogP contribution is -2.23. The van der Waals surface area contributed by atoms with Gasteiger partial charge < -0.3 is 23.8 Å². The van der Waals surface area contributed by atoms with Crippen molar-refractivity contribution in [2.45, 2.75) is 44.6 Å². The number of phosphoric ester groups is 1. The highest BCUT2D eigenvalue weighted by molar-refractivity contribution is 7.46. The van der Waals surface area contributed by atoms with Gasteiger partial charge in [-0.2, -0.15) is 8.78 Å². The number of aromatic nitrogens is 4. The van der Waals surface area contributed by atoms with Crippen LogP contribution in [0.25, 0.3) is 22.2 Å². The molecule has 0 fully saturated rings. The van der Waals surface area contributed by atoms with Crippen molar-refractivity contribution in [3.8, 4) is 16.9 Å². The highest BCUT2D eigenvalue weighted by Gasteiger charge is 2.44. The Balaban J connectivity index is 1.46. The van der Waals surface area contributed by atoms with Gasteiger partial charge in [-0.1, -0.05) is 6.07 Å². The molecule has 11 nitrogen and oxygen atoms in total. The van der Waals surface area contributed by atoms with Gasteiger partial charge in [0.2, 0.25) is 0 Å². The van der Waals surface area contributed by atoms with E-state index in [0.717, 1.165) is 0 Å². The number of fused-ring (bicyclic) bond motifs is 9. The molecule has 4 aromatic rings. The van der Waals surface area contributed by atoms with Gasteiger partial charge in [0.15, 0.2) is 17.8 Å². The van der Waals surface area contributed by atoms with Crippen LogP contribution < -0.4 is 4.74 Å². The molecule has 4 heterocycles. The van der Waals surface area contributed by atoms with E-state index in [1.165, 1.54) is 56.6 Å². The second-order valence-corrected chi connectivity index (χ2v) is 11.0. The Morgan fingerprint density at radius 2 is 1.90 bits per heavy atom. The van der Waals surface area contributed by atoms with Crippen molar-refractivity contribution in [1.82, 2.24) is 19.5 Å². The number of rotatable bonds is 6. The number of hydrogen-bond donors (Lipinski definition) is 2. The van der Waals surface area contributed by atoms with E-state index >= 15 is 4.39 Å². The van der Waals surface area contributed by atoms with E-state index in [2.05, 4.69) is 15.0 Å². The fourth-order valence-corrected chi connectivity index (χ4v) is 5.92. The molecule has 2 aliphatic rings. The summed E-state index contributed by atoms with van der Waals surface area (Å²) in [4.78, 5) is 43.9. The molecule has 2 atom stereocenters. The average molecular weight is 576 g/mol. The van der Waals surface area contributed by atoms with Gasteiger partial charge in [-0.05, 0) is 32.0 Å². The molecule has 6 rings (SSSR count). The van der Waals surface area contributed by atoms with Crippen molar-refractivity contribution in [3.63, 3.8) is 0 Å². The maximum absolute atomic E-state index is 15.3. The van der Waals surface area contributed by atoms with Gasteiger partial charge in [0, 0.05) is 41.6 Å². The third-order valence-electron chi connectivity index (χ3n) is 6.78. The zero-order valence-corrected chi connectivity index (χ0v) is 21.7. The molecule has 2 aliphatic heterocycles. The van der Waals surface area contributed by atoms with E-state index < -0.39 is 44.0 Å². The largest absolute Gasteiger partial charge is 0.470 e. The first kappa shape index (κ1) is 26.4. The van der Waals surface area contributed by atoms with Gasteiger partial charge in [0.25, 0.3) is 0 Å². The minimum Gasteiger partial charge on any atom is -0.450 e. The number of halogens is 3. The van der Waals surface area contributed by atoms with Crippen LogP contribution >= 0.6 is 7.82 Å². The predicted molar refractivity (Wildman–Crippen MR) is 131 cm³/mol. The molecule has 0 spiro atoms. The summed E-state index contributed by atoms with van der Waals surface area (Å²) in [5.41, 5.74) is -0.189. The summed E-state index contributed by atoms with van der Waals surface area (Å²) in [6.45, 7) is -0.371. The first-order valence-electron chi connectivity index (χ1n) is 11.9. The van der Waals surface area contributed by atoms with Crippen molar-refractivity contribution >= 4 is 24.8 Å². The Morgan fingerprint density at radius 3 is 2.58 bits per heavy atom. The minimum absolute atomic E-state index is 0.0404. The van der Waals surface area contributed by atoms with Crippen molar-refractivity contribution in [2.24, 2.45) is 0 Å². The molecule has 2 bridgehead atoms. The third kappa shape index (κ3) is 4.42. The zero-order valence-electron chi connectivity index (χ0n) is 20.8. The van der Waals surface area contributed by atoms with E-state index in [1.807, 2.05) is 0 Å². The Morgan fingerprint density at radius 1 is 1.18 bits per heavy atom. The molecule has 0 amide bonds. The number of imidazole rings is 1. The van der Waals surface area contributed by atoms with Crippen molar-refractivity contribution in [2.75, 3.05) is 0 Å². The molecule has 0 unspecified atom stereocenters. The van der Waals surface area contributed by atoms with Gasteiger partial charge in [0.05, 0.1) is 22.6 Å². The predicted octanol–water partition coefficient (Wildman–Crippen LogP) is 4.78. The Kier molecular flexibility index (Phi) is 6.00. The van der Waals surface area contributed by atoms with Crippen LogP contribution in [0.5, 0.6) is 5.75 Å². The number of nitrogens with zero attached hydrogens (tertiary/aromatic N) is 4. The highest BCUT2D eigenvalue weighted by atomic mass is 31.2. The Bertz CT molecular complexity index is 1720. The van der Waals surface area contributed by atoms with E-state index in [1.54, 1.807) is 4.57 Å². The Labute approximate surface area is 223 Å². The van der Waals surface area contributed by atoms with Crippen LogP contribution in [0, 0.1) is 5.82 Å². The third-order valence-corrected chi connectivity index (χ3v) is 7.47. The number of ether oxygens (including phenoxy) is 2. The topological polar surface area (TPSA) is 146 Å². The quantitative estimate of drug-likeness (QED) is 0.243. The lowest BCUT2D eigenvalue weighted by Gasteiger charge is -2.23. The summed E-state index contributed by atoms with van der Waals surface area (Å²) in [5.74, 6) is -1.23. The molecular weight excluding hydrogens is 556 g/mol. The lowest BCUT2D eigenvalue weighted by atomic mass is 9.97. The Hall–Kier alpha value is -3.84. The molecule has 40 heavy (non-hydrogen) atoms. The number of alkyl halides is 2. The van der Waals surface area contributed by atoms with E-state index in [-0.39, 0.29) is 45.8 Å². The fraction of sp³-hybridized carbons (Fsp3) is 0.280. The van der Waals surface area contributed by atoms with E-state index in [4.69, 9.17) is 23.8 Å². The number of phosphoric acid groups is 1. The summed E-state index contributed by atoms with van der Waals surface area (Å²) >= 11 is 0. The summed E-state index contributed by atoms with van der Waals surface area (Å²) < 4.78 is 69.9. The second-order valence-electron chi connectivity index (χ2n) is 9.79. The summed E-state index contributed by atoms with van der Waals surface area (Å²) in [6.07, 6.45) is 2.00. The van der Waals surface area contributed by atoms with Crippen LogP contribution in [0.2, 0.25) is 0 Å². The number of esters is 1. The summed E-state index contributed by atoms with van der Waals surface area (Å²) in [7, 11) is -4.84. The molecule has 2 N–H and O–H groups in total. The standard InChI is InChI=1S/C25H20F3N4O7P/c1-25(2,39-40(34,35)36)23-29-9-11(10-30-23)13-6-16-15(7-14(13)26)31-21-19-8-17(32(16)21)20-12(22(33)37-19)4-3-5-18(20)38-24(27)28/h3-7,9-10,17,19,24H,8H2,1-2H3,(H2,34,35,36)/t17-,19+/m0/s1. The first-order chi connectivity index (χ1) is 18.8. The summed E-state index contributed by atoms with van der Waals surface area (Å²) in [5, 5.41) is 0. The van der Waals surface area contributed by atoms with Crippen molar-refractivity contribution in [1.29, 1.82) is 0 Å². The van der Waals surface area contributed by atoms with Gasteiger partial charge in [-0.15, -0.1) is 0 Å². The van der Waals surface area contributed by atoms with Gasteiger partial charge >= 0.3 is 20.4 Å². The fourth-order valence-electron chi connectivity index (χ4n) is 5.25. The van der Waals surface area contributed by atoms with Crippen molar-refractivity contribution < 1.29 is 46.3 Å². The number of hydrogen-bond acceptors (Lipinski definition) is 8. The SMILES string of the molecule is CC(C)(OP(=O)(O)O)c1ncc(-c2cc3c(cc2F)nc2n3[C@H]3C[C@H]2OC(=O)c2cccc(OC(F)F)c23)cn1. The van der Waals surface area contributed by atoms with Gasteiger partial charge in [-0.25, -0.2) is 28.7 Å². The van der Waals surface area contributed by atoms with Crippen molar-refractivity contribution in [3.05, 3.63) is 71.3 Å². The smallest absolute Gasteiger partial charge is 0.450 e. The zero-order chi connectivity index (χ0) is 28.6. The average Bonchev–Trinajstić information content (AvgIpc) is 3.33. The number of benzene rings is 2. The highest BCUT2D eigenvalue weighted by Crippen LogP contribution is 2.50. The maximum atomic E-state index is 15.3. The number of carbonyl (C=O) groups is 1. The van der Waals surface area contributed by atoms with Crippen LogP contribution in [0.15, 0.2) is 42.7 Å². The molecular formula is C25H20F3N4O7P. The molecule has 0 radical (unpaired) electrons. The van der Waals surface area contributed by atoms with Gasteiger partial charge in [0.1, 0.15) is 17.2 Å². The minimum atomic E-state index is -4.84. The molecule has 15 heteroatoms. The molecule has 2 aromatic carbocycles. The second kappa shape index (κ2) is 9.10. The van der Waals surface area contributed by atoms with Crippen LogP contribution in [0.3, 0.4) is 0 Å². The van der Waals surface area contributed by atoms with Crippen LogP contribution in [-0.4, -0.2) is 41.9 Å². The van der Waals surface area contributed by atoms with E-state index in [0.29, 0.717) is 11.3 Å². The first-order valence-corrected chi connectivity index (χ1v) is 13.4. The van der Waals surface area contributed by atoms with Crippen LogP contribution in [0.4, 0.5) is 13.2 Å². The summed E-state index contributed by atoms with van der Waals surface area (Å²) in [6, 6.07) is 6.28. The van der Waals surface area contributed by atoms with Crippen LogP contribution in [-0.2, 0) is 19.4 Å². The van der Waals surface area contributed by atoms with Gasteiger partial charge in [-0.3, -0.25) is 4.52 Å². The van der Waals surface area contributed by atoms with E-state index in [9.17, 15) is 18.1 Å². The molecule has 0 saturated carbocycles. The molecule has 0 aliphatic carbocycles. The lowest BCUT2D eigenvalue weighted by molar-refractivity contribution is -0.0507. The van der Waals surface area contributed by atoms with Crippen LogP contribution in [0.1, 0.15) is 60.0 Å². The maximum Gasteiger partial charge on any atom is 0.470 e. The molecule has 0 saturated heterocycles.